The van der Waals surface area contributed by atoms with E-state index in [-0.39, 0.29) is 30.7 Å². The maximum Gasteiger partial charge on any atom is 0.251 e. The summed E-state index contributed by atoms with van der Waals surface area (Å²) in [5, 5.41) is 2.85. The summed E-state index contributed by atoms with van der Waals surface area (Å²) in [4.78, 5) is 40.4. The zero-order chi connectivity index (χ0) is 23.0. The Bertz CT molecular complexity index is 1210. The molecule has 1 aliphatic rings. The van der Waals surface area contributed by atoms with E-state index in [1.165, 1.54) is 4.90 Å². The smallest absolute Gasteiger partial charge is 0.251 e. The second-order valence-electron chi connectivity index (χ2n) is 8.35. The molecule has 0 saturated carbocycles. The number of hydrogen-bond acceptors (Lipinski definition) is 4. The van der Waals surface area contributed by atoms with Crippen LogP contribution < -0.4 is 10.2 Å². The Morgan fingerprint density at radius 1 is 1.06 bits per heavy atom. The number of Topliss-reactive ketones (excluding diaryl/α,β-unsaturated/α-hetero) is 1. The number of aryl methyl sites for hydroxylation is 1. The van der Waals surface area contributed by atoms with Gasteiger partial charge in [0.1, 0.15) is 11.5 Å². The van der Waals surface area contributed by atoms with E-state index in [9.17, 15) is 14.4 Å². The summed E-state index contributed by atoms with van der Waals surface area (Å²) in [7, 11) is 0. The first-order valence-corrected chi connectivity index (χ1v) is 11.3. The maximum absolute atomic E-state index is 13.3. The molecule has 164 valence electrons. The summed E-state index contributed by atoms with van der Waals surface area (Å²) in [5.41, 5.74) is 1.63. The first-order chi connectivity index (χ1) is 15.2. The number of furan rings is 1. The van der Waals surface area contributed by atoms with Crippen molar-refractivity contribution < 1.29 is 18.8 Å². The third-order valence-electron chi connectivity index (χ3n) is 5.64. The molecular formula is C25H23IN2O4. The minimum Gasteiger partial charge on any atom is -0.465 e. The van der Waals surface area contributed by atoms with E-state index in [0.29, 0.717) is 22.6 Å². The Hall–Kier alpha value is -2.94. The Morgan fingerprint density at radius 3 is 2.44 bits per heavy atom. The first-order valence-electron chi connectivity index (χ1n) is 10.3. The number of fused-ring (bicyclic) bond motifs is 1. The lowest BCUT2D eigenvalue weighted by Gasteiger charge is -2.20. The van der Waals surface area contributed by atoms with Gasteiger partial charge in [0, 0.05) is 20.3 Å². The number of halogens is 1. The summed E-state index contributed by atoms with van der Waals surface area (Å²) in [6.45, 7) is 5.73. The van der Waals surface area contributed by atoms with Crippen molar-refractivity contribution in [2.24, 2.45) is 0 Å². The molecule has 2 amide bonds. The Kier molecular flexibility index (Phi) is 5.94. The Balaban J connectivity index is 1.63. The largest absolute Gasteiger partial charge is 0.465 e. The maximum atomic E-state index is 13.3. The lowest BCUT2D eigenvalue weighted by molar-refractivity contribution is -0.122. The van der Waals surface area contributed by atoms with Crippen molar-refractivity contribution in [2.45, 2.75) is 32.7 Å². The van der Waals surface area contributed by atoms with Crippen LogP contribution >= 0.6 is 22.6 Å². The van der Waals surface area contributed by atoms with E-state index < -0.39 is 5.41 Å². The Morgan fingerprint density at radius 2 is 1.78 bits per heavy atom. The van der Waals surface area contributed by atoms with Gasteiger partial charge in [0.2, 0.25) is 5.91 Å². The lowest BCUT2D eigenvalue weighted by atomic mass is 9.86. The number of carbonyl (C=O) groups excluding carboxylic acids is 3. The van der Waals surface area contributed by atoms with Crippen LogP contribution in [0.1, 0.15) is 51.6 Å². The normalized spacial score (nSPS) is 14.4. The van der Waals surface area contributed by atoms with Crippen LogP contribution in [0.5, 0.6) is 0 Å². The third kappa shape index (κ3) is 4.09. The van der Waals surface area contributed by atoms with Gasteiger partial charge in [0.15, 0.2) is 5.78 Å². The zero-order valence-corrected chi connectivity index (χ0v) is 20.2. The van der Waals surface area contributed by atoms with Crippen molar-refractivity contribution in [3.05, 3.63) is 86.4 Å². The van der Waals surface area contributed by atoms with Crippen molar-refractivity contribution >= 4 is 45.9 Å². The fraction of sp³-hybridized carbons (Fsp3) is 0.240. The highest BCUT2D eigenvalue weighted by Gasteiger charge is 2.46. The highest BCUT2D eigenvalue weighted by Crippen LogP contribution is 2.44. The highest BCUT2D eigenvalue weighted by atomic mass is 127. The summed E-state index contributed by atoms with van der Waals surface area (Å²) in [5.74, 6) is 0.865. The molecule has 0 unspecified atom stereocenters. The van der Waals surface area contributed by atoms with Crippen molar-refractivity contribution in [1.29, 1.82) is 0 Å². The Labute approximate surface area is 200 Å². The summed E-state index contributed by atoms with van der Waals surface area (Å²) in [6.07, 6.45) is 0. The van der Waals surface area contributed by atoms with Gasteiger partial charge in [-0.05, 0) is 67.6 Å². The quantitative estimate of drug-likeness (QED) is 0.364. The van der Waals surface area contributed by atoms with Crippen molar-refractivity contribution in [1.82, 2.24) is 5.32 Å². The second-order valence-corrected chi connectivity index (χ2v) is 9.51. The van der Waals surface area contributed by atoms with Crippen LogP contribution in [-0.4, -0.2) is 24.1 Å². The lowest BCUT2D eigenvalue weighted by Crippen LogP contribution is -2.39. The molecule has 2 heterocycles. The van der Waals surface area contributed by atoms with Crippen LogP contribution in [0.25, 0.3) is 0 Å². The van der Waals surface area contributed by atoms with E-state index >= 15 is 0 Å². The standard InChI is InChI=1S/C25H23IN2O4/c1-15-9-10-18(32-15)13-27-23(30)17-11-19(26)22-20(12-17)28(24(31)25(22,2)3)14-21(29)16-7-5-4-6-8-16/h4-12H,13-14H2,1-3H3,(H,27,30). The number of nitrogens with one attached hydrogen (secondary N) is 1. The van der Waals surface area contributed by atoms with Gasteiger partial charge >= 0.3 is 0 Å². The number of ketones is 1. The van der Waals surface area contributed by atoms with E-state index in [2.05, 4.69) is 27.9 Å². The molecule has 32 heavy (non-hydrogen) atoms. The molecule has 1 N–H and O–H groups in total. The van der Waals surface area contributed by atoms with E-state index in [4.69, 9.17) is 4.42 Å². The van der Waals surface area contributed by atoms with Crippen LogP contribution in [0.4, 0.5) is 5.69 Å². The first kappa shape index (κ1) is 22.3. The van der Waals surface area contributed by atoms with Gasteiger partial charge in [0.05, 0.1) is 24.2 Å². The molecule has 1 aromatic heterocycles. The van der Waals surface area contributed by atoms with Gasteiger partial charge < -0.3 is 14.6 Å². The number of amides is 2. The summed E-state index contributed by atoms with van der Waals surface area (Å²) >= 11 is 2.16. The number of nitrogens with zero attached hydrogens (tertiary/aromatic N) is 1. The van der Waals surface area contributed by atoms with Crippen LogP contribution in [0.3, 0.4) is 0 Å². The highest BCUT2D eigenvalue weighted by molar-refractivity contribution is 14.1. The summed E-state index contributed by atoms with van der Waals surface area (Å²) in [6, 6.07) is 16.0. The van der Waals surface area contributed by atoms with Crippen molar-refractivity contribution in [3.63, 3.8) is 0 Å². The SMILES string of the molecule is Cc1ccc(CNC(=O)c2cc(I)c3c(c2)N(CC(=O)c2ccccc2)C(=O)C3(C)C)o1. The molecule has 0 aliphatic carbocycles. The second kappa shape index (κ2) is 8.54. The van der Waals surface area contributed by atoms with E-state index in [0.717, 1.165) is 14.9 Å². The molecule has 0 atom stereocenters. The van der Waals surface area contributed by atoms with Gasteiger partial charge in [-0.25, -0.2) is 0 Å². The predicted octanol–water partition coefficient (Wildman–Crippen LogP) is 4.63. The van der Waals surface area contributed by atoms with Crippen LogP contribution in [0, 0.1) is 10.5 Å². The molecule has 0 saturated heterocycles. The van der Waals surface area contributed by atoms with Crippen molar-refractivity contribution in [3.8, 4) is 0 Å². The molecule has 0 fully saturated rings. The fourth-order valence-electron chi connectivity index (χ4n) is 3.97. The number of benzene rings is 2. The van der Waals surface area contributed by atoms with Crippen LogP contribution in [0.2, 0.25) is 0 Å². The molecule has 0 radical (unpaired) electrons. The van der Waals surface area contributed by atoms with E-state index in [1.807, 2.05) is 39.0 Å². The van der Waals surface area contributed by atoms with Gasteiger partial charge in [0.25, 0.3) is 5.91 Å². The third-order valence-corrected chi connectivity index (χ3v) is 6.49. The topological polar surface area (TPSA) is 79.6 Å². The minimum absolute atomic E-state index is 0.0773. The average Bonchev–Trinajstić information content (AvgIpc) is 3.27. The molecule has 0 bridgehead atoms. The van der Waals surface area contributed by atoms with Gasteiger partial charge in [-0.1, -0.05) is 30.3 Å². The molecule has 4 rings (SSSR count). The van der Waals surface area contributed by atoms with Gasteiger partial charge in [-0.15, -0.1) is 0 Å². The van der Waals surface area contributed by atoms with Gasteiger partial charge in [-0.2, -0.15) is 0 Å². The van der Waals surface area contributed by atoms with E-state index in [1.54, 1.807) is 36.4 Å². The number of anilines is 1. The number of hydrogen-bond donors (Lipinski definition) is 1. The number of rotatable bonds is 6. The molecule has 1 aliphatic heterocycles. The molecular weight excluding hydrogens is 519 g/mol. The van der Waals surface area contributed by atoms with Crippen molar-refractivity contribution in [2.75, 3.05) is 11.4 Å². The van der Waals surface area contributed by atoms with Crippen LogP contribution in [0.15, 0.2) is 59.0 Å². The monoisotopic (exact) mass is 542 g/mol. The number of carbonyl (C=O) groups is 3. The molecule has 7 heteroatoms. The average molecular weight is 542 g/mol. The molecule has 6 nitrogen and oxygen atoms in total. The zero-order valence-electron chi connectivity index (χ0n) is 18.1. The van der Waals surface area contributed by atoms with Gasteiger partial charge in [-0.3, -0.25) is 14.4 Å². The fourth-order valence-corrected chi connectivity index (χ4v) is 5.26. The molecule has 2 aromatic carbocycles. The minimum atomic E-state index is -0.788. The van der Waals surface area contributed by atoms with Crippen LogP contribution in [-0.2, 0) is 16.8 Å². The predicted molar refractivity (Wildman–Crippen MR) is 130 cm³/mol. The molecule has 0 spiro atoms. The molecule has 3 aromatic rings. The summed E-state index contributed by atoms with van der Waals surface area (Å²) < 4.78 is 6.32.